The summed E-state index contributed by atoms with van der Waals surface area (Å²) >= 11 is 0. The fourth-order valence-corrected chi connectivity index (χ4v) is 1.93. The van der Waals surface area contributed by atoms with E-state index in [0.717, 1.165) is 17.6 Å². The molecule has 1 aliphatic rings. The summed E-state index contributed by atoms with van der Waals surface area (Å²) in [4.78, 5) is 16.0. The van der Waals surface area contributed by atoms with Crippen LogP contribution in [0, 0.1) is 5.92 Å². The Morgan fingerprint density at radius 3 is 2.59 bits per heavy atom. The van der Waals surface area contributed by atoms with Gasteiger partial charge in [-0.25, -0.2) is 0 Å². The number of carbonyl (C=O) groups is 1. The third kappa shape index (κ3) is 2.90. The first-order chi connectivity index (χ1) is 8.16. The molecular formula is C15H17NO. The van der Waals surface area contributed by atoms with E-state index in [0.29, 0.717) is 12.3 Å². The topological polar surface area (TPSA) is 30.0 Å². The lowest BCUT2D eigenvalue weighted by Gasteiger charge is -2.07. The molecule has 0 unspecified atom stereocenters. The molecule has 1 aliphatic carbocycles. The summed E-state index contributed by atoms with van der Waals surface area (Å²) in [6.45, 7) is 4.33. The maximum Gasteiger partial charge on any atom is 0.163 e. The summed E-state index contributed by atoms with van der Waals surface area (Å²) in [6.07, 6.45) is 8.81. The lowest BCUT2D eigenvalue weighted by Crippen LogP contribution is -2.06. The van der Waals surface area contributed by atoms with Gasteiger partial charge in [-0.05, 0) is 35.6 Å². The first-order valence-electron chi connectivity index (χ1n) is 5.98. The summed E-state index contributed by atoms with van der Waals surface area (Å²) in [5.41, 5.74) is 3.32. The van der Waals surface area contributed by atoms with Gasteiger partial charge in [0.2, 0.25) is 0 Å². The predicted octanol–water partition coefficient (Wildman–Crippen LogP) is 3.11. The van der Waals surface area contributed by atoms with Crippen molar-refractivity contribution in [3.05, 3.63) is 53.4 Å². The molecule has 0 saturated heterocycles. The second kappa shape index (κ2) is 5.09. The number of hydrogen-bond acceptors (Lipinski definition) is 2. The molecule has 0 aliphatic heterocycles. The van der Waals surface area contributed by atoms with Crippen LogP contribution in [0.25, 0.3) is 0 Å². The van der Waals surface area contributed by atoms with Crippen molar-refractivity contribution >= 4 is 5.78 Å². The van der Waals surface area contributed by atoms with Crippen molar-refractivity contribution in [2.45, 2.75) is 26.7 Å². The van der Waals surface area contributed by atoms with Crippen molar-refractivity contribution in [3.8, 4) is 0 Å². The molecule has 2 rings (SSSR count). The first kappa shape index (κ1) is 11.8. The summed E-state index contributed by atoms with van der Waals surface area (Å²) in [5, 5.41) is 0. The smallest absolute Gasteiger partial charge is 0.163 e. The highest BCUT2D eigenvalue weighted by atomic mass is 16.1. The lowest BCUT2D eigenvalue weighted by atomic mass is 9.97. The van der Waals surface area contributed by atoms with Crippen molar-refractivity contribution in [2.75, 3.05) is 0 Å². The molecule has 0 radical (unpaired) electrons. The number of hydrogen-bond donors (Lipinski definition) is 0. The number of allylic oxidation sites excluding steroid dienone is 4. The highest BCUT2D eigenvalue weighted by Gasteiger charge is 2.17. The second-order valence-corrected chi connectivity index (χ2v) is 4.72. The van der Waals surface area contributed by atoms with Crippen LogP contribution in [0.15, 0.2) is 47.8 Å². The minimum absolute atomic E-state index is 0.225. The fourth-order valence-electron chi connectivity index (χ4n) is 1.93. The van der Waals surface area contributed by atoms with Gasteiger partial charge >= 0.3 is 0 Å². The van der Waals surface area contributed by atoms with Gasteiger partial charge in [-0.2, -0.15) is 0 Å². The van der Waals surface area contributed by atoms with E-state index in [-0.39, 0.29) is 5.78 Å². The molecule has 17 heavy (non-hydrogen) atoms. The number of ketones is 1. The quantitative estimate of drug-likeness (QED) is 0.791. The first-order valence-corrected chi connectivity index (χ1v) is 5.98. The Morgan fingerprint density at radius 1 is 1.29 bits per heavy atom. The van der Waals surface area contributed by atoms with Gasteiger partial charge in [0.15, 0.2) is 5.78 Å². The minimum atomic E-state index is 0.225. The zero-order valence-electron chi connectivity index (χ0n) is 10.3. The largest absolute Gasteiger partial charge is 0.294 e. The normalized spacial score (nSPS) is 14.8. The van der Waals surface area contributed by atoms with Crippen LogP contribution < -0.4 is 0 Å². The molecule has 1 heterocycles. The van der Waals surface area contributed by atoms with Gasteiger partial charge in [-0.1, -0.05) is 31.6 Å². The molecule has 0 saturated carbocycles. The molecule has 0 bridgehead atoms. The van der Waals surface area contributed by atoms with Crippen LogP contribution >= 0.6 is 0 Å². The third-order valence-electron chi connectivity index (χ3n) is 3.11. The Kier molecular flexibility index (Phi) is 3.52. The van der Waals surface area contributed by atoms with Gasteiger partial charge < -0.3 is 0 Å². The zero-order chi connectivity index (χ0) is 12.3. The predicted molar refractivity (Wildman–Crippen MR) is 68.6 cm³/mol. The Bertz CT molecular complexity index is 469. The maximum absolute atomic E-state index is 12.1. The van der Waals surface area contributed by atoms with Crippen molar-refractivity contribution in [3.63, 3.8) is 0 Å². The highest BCUT2D eigenvalue weighted by molar-refractivity contribution is 5.98. The van der Waals surface area contributed by atoms with Gasteiger partial charge in [0, 0.05) is 18.8 Å². The number of rotatable bonds is 4. The van der Waals surface area contributed by atoms with E-state index in [1.54, 1.807) is 12.4 Å². The molecule has 0 atom stereocenters. The van der Waals surface area contributed by atoms with E-state index in [9.17, 15) is 4.79 Å². The van der Waals surface area contributed by atoms with E-state index in [1.807, 2.05) is 18.2 Å². The van der Waals surface area contributed by atoms with E-state index >= 15 is 0 Å². The summed E-state index contributed by atoms with van der Waals surface area (Å²) in [5.74, 6) is 0.751. The molecule has 1 aromatic rings. The molecule has 0 fully saturated rings. The molecular weight excluding hydrogens is 210 g/mol. The van der Waals surface area contributed by atoms with Gasteiger partial charge in [0.1, 0.15) is 0 Å². The Morgan fingerprint density at radius 2 is 2.00 bits per heavy atom. The van der Waals surface area contributed by atoms with Crippen LogP contribution in [0.1, 0.15) is 25.8 Å². The number of nitrogens with zero attached hydrogens (tertiary/aromatic N) is 1. The van der Waals surface area contributed by atoms with Crippen LogP contribution in [-0.2, 0) is 11.2 Å². The van der Waals surface area contributed by atoms with Crippen LogP contribution in [0.5, 0.6) is 0 Å². The van der Waals surface area contributed by atoms with Crippen molar-refractivity contribution in [1.29, 1.82) is 0 Å². The molecule has 2 heteroatoms. The van der Waals surface area contributed by atoms with Crippen LogP contribution in [0.4, 0.5) is 0 Å². The standard InChI is InChI=1S/C15H17NO/c1-11(2)13-3-4-14(10-13)15(17)9-12-5-7-16-8-6-12/h3-8,11H,9-10H2,1-2H3. The van der Waals surface area contributed by atoms with Crippen LogP contribution in [-0.4, -0.2) is 10.8 Å². The van der Waals surface area contributed by atoms with E-state index in [4.69, 9.17) is 0 Å². The fraction of sp³-hybridized carbons (Fsp3) is 0.333. The summed E-state index contributed by atoms with van der Waals surface area (Å²) < 4.78 is 0. The van der Waals surface area contributed by atoms with Gasteiger partial charge in [0.25, 0.3) is 0 Å². The van der Waals surface area contributed by atoms with E-state index in [2.05, 4.69) is 24.9 Å². The Labute approximate surface area is 102 Å². The maximum atomic E-state index is 12.1. The molecule has 88 valence electrons. The molecule has 0 aromatic carbocycles. The van der Waals surface area contributed by atoms with Crippen LogP contribution in [0.3, 0.4) is 0 Å². The molecule has 1 aromatic heterocycles. The van der Waals surface area contributed by atoms with Crippen molar-refractivity contribution in [2.24, 2.45) is 5.92 Å². The summed E-state index contributed by atoms with van der Waals surface area (Å²) in [7, 11) is 0. The van der Waals surface area contributed by atoms with Gasteiger partial charge in [-0.3, -0.25) is 9.78 Å². The van der Waals surface area contributed by atoms with E-state index < -0.39 is 0 Å². The Hall–Kier alpha value is -1.70. The minimum Gasteiger partial charge on any atom is -0.294 e. The monoisotopic (exact) mass is 227 g/mol. The average Bonchev–Trinajstić information content (AvgIpc) is 2.79. The lowest BCUT2D eigenvalue weighted by molar-refractivity contribution is -0.115. The number of pyridine rings is 1. The van der Waals surface area contributed by atoms with Gasteiger partial charge in [0.05, 0.1) is 0 Å². The van der Waals surface area contributed by atoms with Crippen molar-refractivity contribution < 1.29 is 4.79 Å². The number of Topliss-reactive ketones (excluding diaryl/α,β-unsaturated/α-hetero) is 1. The second-order valence-electron chi connectivity index (χ2n) is 4.72. The molecule has 0 spiro atoms. The highest BCUT2D eigenvalue weighted by Crippen LogP contribution is 2.26. The third-order valence-corrected chi connectivity index (χ3v) is 3.11. The number of aromatic nitrogens is 1. The molecule has 0 amide bonds. The number of carbonyl (C=O) groups excluding carboxylic acids is 1. The van der Waals surface area contributed by atoms with Crippen molar-refractivity contribution in [1.82, 2.24) is 4.98 Å². The molecule has 0 N–H and O–H groups in total. The van der Waals surface area contributed by atoms with Crippen LogP contribution in [0.2, 0.25) is 0 Å². The molecule has 2 nitrogen and oxygen atoms in total. The SMILES string of the molecule is CC(C)C1=CC=C(C(=O)Cc2ccncc2)C1. The van der Waals surface area contributed by atoms with Gasteiger partial charge in [-0.15, -0.1) is 0 Å². The zero-order valence-corrected chi connectivity index (χ0v) is 10.3. The van der Waals surface area contributed by atoms with E-state index in [1.165, 1.54) is 5.57 Å². The summed E-state index contributed by atoms with van der Waals surface area (Å²) in [6, 6.07) is 3.79. The Balaban J connectivity index is 1.96. The average molecular weight is 227 g/mol.